The number of carbonyl (C=O) groups excluding carboxylic acids is 1. The fourth-order valence-corrected chi connectivity index (χ4v) is 0.813. The lowest BCUT2D eigenvalue weighted by Crippen LogP contribution is -2.39. The van der Waals surface area contributed by atoms with Crippen LogP contribution in [0.15, 0.2) is 0 Å². The normalized spacial score (nSPS) is 11.1. The Morgan fingerprint density at radius 1 is 1.67 bits per heavy atom. The molecule has 0 aromatic rings. The third kappa shape index (κ3) is 4.41. The minimum Gasteiger partial charge on any atom is -0.348 e. The first-order chi connectivity index (χ1) is 3.98. The molecular formula is C6H14NOP. The van der Waals surface area contributed by atoms with Gasteiger partial charge in [-0.3, -0.25) is 4.79 Å². The van der Waals surface area contributed by atoms with Crippen LogP contribution >= 0.6 is 9.24 Å². The van der Waals surface area contributed by atoms with Crippen LogP contribution in [0.2, 0.25) is 0 Å². The Bertz CT molecular complexity index is 112. The summed E-state index contributed by atoms with van der Waals surface area (Å²) in [7, 11) is 2.10. The van der Waals surface area contributed by atoms with Crippen molar-refractivity contribution >= 4 is 14.9 Å². The van der Waals surface area contributed by atoms with Crippen molar-refractivity contribution in [3.8, 4) is 0 Å². The van der Waals surface area contributed by atoms with Crippen molar-refractivity contribution in [3.63, 3.8) is 0 Å². The maximum atomic E-state index is 10.5. The number of carbonyl (C=O) groups is 1. The minimum atomic E-state index is -0.0567. The molecule has 3 heteroatoms. The van der Waals surface area contributed by atoms with Crippen molar-refractivity contribution in [3.05, 3.63) is 0 Å². The summed E-state index contributed by atoms with van der Waals surface area (Å²) in [6.45, 7) is 6.03. The number of amides is 1. The van der Waals surface area contributed by atoms with Gasteiger partial charge < -0.3 is 5.32 Å². The van der Waals surface area contributed by atoms with Crippen LogP contribution in [-0.2, 0) is 0 Å². The highest BCUT2D eigenvalue weighted by molar-refractivity contribution is 7.39. The van der Waals surface area contributed by atoms with Crippen LogP contribution in [0.4, 0.5) is 4.79 Å². The van der Waals surface area contributed by atoms with E-state index in [9.17, 15) is 4.79 Å². The van der Waals surface area contributed by atoms with Crippen molar-refractivity contribution in [2.24, 2.45) is 0 Å². The predicted molar refractivity (Wildman–Crippen MR) is 42.6 cm³/mol. The highest BCUT2D eigenvalue weighted by atomic mass is 31.0. The number of nitrogens with one attached hydrogen (secondary N) is 1. The number of hydrogen-bond donors (Lipinski definition) is 1. The molecule has 0 heterocycles. The SMILES string of the molecule is CCC(C)(C)NC(=O)P. The Morgan fingerprint density at radius 3 is 2.22 bits per heavy atom. The summed E-state index contributed by atoms with van der Waals surface area (Å²) in [5.41, 5.74) is -0.0967. The predicted octanol–water partition coefficient (Wildman–Crippen LogP) is 1.76. The van der Waals surface area contributed by atoms with Gasteiger partial charge in [0.15, 0.2) is 0 Å². The Kier molecular flexibility index (Phi) is 3.13. The van der Waals surface area contributed by atoms with Crippen LogP contribution in [0.1, 0.15) is 27.2 Å². The summed E-state index contributed by atoms with van der Waals surface area (Å²) < 4.78 is 0. The Morgan fingerprint density at radius 2 is 2.11 bits per heavy atom. The Balaban J connectivity index is 3.71. The third-order valence-corrected chi connectivity index (χ3v) is 1.49. The third-order valence-electron chi connectivity index (χ3n) is 1.35. The fraction of sp³-hybridized carbons (Fsp3) is 0.833. The lowest BCUT2D eigenvalue weighted by molar-refractivity contribution is 0.250. The number of rotatable bonds is 2. The van der Waals surface area contributed by atoms with E-state index < -0.39 is 0 Å². The molecule has 54 valence electrons. The molecule has 0 aromatic heterocycles. The highest BCUT2D eigenvalue weighted by Crippen LogP contribution is 2.07. The van der Waals surface area contributed by atoms with E-state index in [0.29, 0.717) is 0 Å². The molecule has 1 N–H and O–H groups in total. The van der Waals surface area contributed by atoms with Crippen LogP contribution in [0.25, 0.3) is 0 Å². The second-order valence-corrected chi connectivity index (χ2v) is 3.25. The van der Waals surface area contributed by atoms with Crippen molar-refractivity contribution in [1.82, 2.24) is 5.32 Å². The zero-order valence-corrected chi connectivity index (χ0v) is 7.35. The molecule has 0 saturated carbocycles. The summed E-state index contributed by atoms with van der Waals surface area (Å²) in [5.74, 6) is 0. The maximum absolute atomic E-state index is 10.5. The van der Waals surface area contributed by atoms with Crippen LogP contribution < -0.4 is 5.32 Å². The molecule has 1 amide bonds. The van der Waals surface area contributed by atoms with Crippen molar-refractivity contribution in [2.75, 3.05) is 0 Å². The molecule has 0 rings (SSSR count). The summed E-state index contributed by atoms with van der Waals surface area (Å²) in [6, 6.07) is 0. The lowest BCUT2D eigenvalue weighted by atomic mass is 10.0. The van der Waals surface area contributed by atoms with Gasteiger partial charge in [0.25, 0.3) is 0 Å². The van der Waals surface area contributed by atoms with Crippen molar-refractivity contribution < 1.29 is 4.79 Å². The summed E-state index contributed by atoms with van der Waals surface area (Å²) in [6.07, 6.45) is 0.952. The standard InChI is InChI=1S/C6H14NOP/c1-4-6(2,3)7-5(8)9/h4,9H2,1-3H3,(H,7,8). The Hall–Kier alpha value is -0.100. The van der Waals surface area contributed by atoms with Crippen LogP contribution in [0.3, 0.4) is 0 Å². The van der Waals surface area contributed by atoms with Gasteiger partial charge in [-0.1, -0.05) is 6.92 Å². The fourth-order valence-electron chi connectivity index (χ4n) is 0.422. The van der Waals surface area contributed by atoms with Crippen LogP contribution in [-0.4, -0.2) is 11.2 Å². The van der Waals surface area contributed by atoms with Gasteiger partial charge in [0.1, 0.15) is 0 Å². The van der Waals surface area contributed by atoms with E-state index in [1.807, 2.05) is 20.8 Å². The molecule has 9 heavy (non-hydrogen) atoms. The molecule has 1 unspecified atom stereocenters. The molecule has 0 radical (unpaired) electrons. The van der Waals surface area contributed by atoms with Gasteiger partial charge in [-0.05, 0) is 29.5 Å². The van der Waals surface area contributed by atoms with E-state index in [-0.39, 0.29) is 11.2 Å². The molecule has 0 bridgehead atoms. The first-order valence-corrected chi connectivity index (χ1v) is 3.63. The average Bonchev–Trinajstić information content (AvgIpc) is 1.63. The molecule has 2 nitrogen and oxygen atoms in total. The quantitative estimate of drug-likeness (QED) is 0.592. The second kappa shape index (κ2) is 3.17. The van der Waals surface area contributed by atoms with Gasteiger partial charge in [-0.25, -0.2) is 0 Å². The van der Waals surface area contributed by atoms with E-state index in [1.54, 1.807) is 0 Å². The zero-order valence-electron chi connectivity index (χ0n) is 6.19. The van der Waals surface area contributed by atoms with E-state index in [0.717, 1.165) is 6.42 Å². The topological polar surface area (TPSA) is 29.1 Å². The van der Waals surface area contributed by atoms with Gasteiger partial charge in [0.2, 0.25) is 5.65 Å². The average molecular weight is 147 g/mol. The van der Waals surface area contributed by atoms with Gasteiger partial charge >= 0.3 is 0 Å². The minimum absolute atomic E-state index is 0.0400. The van der Waals surface area contributed by atoms with Gasteiger partial charge in [0.05, 0.1) is 0 Å². The molecule has 0 saturated heterocycles. The largest absolute Gasteiger partial charge is 0.348 e. The van der Waals surface area contributed by atoms with Crippen LogP contribution in [0.5, 0.6) is 0 Å². The molecule has 0 aliphatic rings. The second-order valence-electron chi connectivity index (χ2n) is 2.73. The van der Waals surface area contributed by atoms with E-state index in [4.69, 9.17) is 0 Å². The van der Waals surface area contributed by atoms with E-state index in [1.165, 1.54) is 0 Å². The monoisotopic (exact) mass is 147 g/mol. The first kappa shape index (κ1) is 8.90. The first-order valence-electron chi connectivity index (χ1n) is 3.05. The molecule has 0 aliphatic carbocycles. The van der Waals surface area contributed by atoms with Gasteiger partial charge in [-0.15, -0.1) is 0 Å². The van der Waals surface area contributed by atoms with Crippen molar-refractivity contribution in [2.45, 2.75) is 32.7 Å². The molecule has 0 aromatic carbocycles. The molecule has 0 spiro atoms. The maximum Gasteiger partial charge on any atom is 0.235 e. The lowest BCUT2D eigenvalue weighted by Gasteiger charge is -2.22. The van der Waals surface area contributed by atoms with Crippen molar-refractivity contribution in [1.29, 1.82) is 0 Å². The number of hydrogen-bond acceptors (Lipinski definition) is 1. The molecular weight excluding hydrogens is 133 g/mol. The van der Waals surface area contributed by atoms with Gasteiger partial charge in [-0.2, -0.15) is 0 Å². The van der Waals surface area contributed by atoms with E-state index >= 15 is 0 Å². The summed E-state index contributed by atoms with van der Waals surface area (Å²) in [5, 5.41) is 2.79. The Labute approximate surface area is 58.6 Å². The smallest absolute Gasteiger partial charge is 0.235 e. The molecule has 0 aliphatic heterocycles. The highest BCUT2D eigenvalue weighted by Gasteiger charge is 2.14. The zero-order chi connectivity index (χ0) is 7.49. The van der Waals surface area contributed by atoms with Crippen LogP contribution in [0, 0.1) is 0 Å². The molecule has 1 atom stereocenters. The van der Waals surface area contributed by atoms with Gasteiger partial charge in [0, 0.05) is 5.54 Å². The summed E-state index contributed by atoms with van der Waals surface area (Å²) in [4.78, 5) is 10.5. The molecule has 0 fully saturated rings. The van der Waals surface area contributed by atoms with E-state index in [2.05, 4.69) is 14.6 Å². The summed E-state index contributed by atoms with van der Waals surface area (Å²) >= 11 is 0.